The molecule has 0 spiro atoms. The number of aromatic nitrogens is 3. The molecule has 0 aliphatic carbocycles. The third-order valence-electron chi connectivity index (χ3n) is 5.37. The SMILES string of the molecule is Cc1c[nH]c2ncnc(N3CCN(C(=NC#N)Nc4cccc(C(=O)O)c4)C(C)C3)c12. The number of nitrogens with one attached hydrogen (secondary N) is 2. The number of aromatic carboxylic acids is 1. The van der Waals surface area contributed by atoms with Gasteiger partial charge in [-0.25, -0.2) is 14.8 Å². The summed E-state index contributed by atoms with van der Waals surface area (Å²) in [7, 11) is 0. The minimum Gasteiger partial charge on any atom is -0.478 e. The van der Waals surface area contributed by atoms with Gasteiger partial charge < -0.3 is 25.2 Å². The molecule has 1 saturated heterocycles. The Balaban J connectivity index is 1.55. The average molecular weight is 418 g/mol. The molecule has 158 valence electrons. The molecule has 1 atom stereocenters. The van der Waals surface area contributed by atoms with Crippen LogP contribution in [0.3, 0.4) is 0 Å². The lowest BCUT2D eigenvalue weighted by atomic mass is 10.1. The smallest absolute Gasteiger partial charge is 0.335 e. The Morgan fingerprint density at radius 2 is 2.23 bits per heavy atom. The van der Waals surface area contributed by atoms with Crippen LogP contribution >= 0.6 is 0 Å². The number of aliphatic imine (C=N–C) groups is 1. The van der Waals surface area contributed by atoms with E-state index in [1.165, 1.54) is 12.1 Å². The molecular formula is C21H22N8O2. The number of H-pyrrole nitrogens is 1. The number of carboxylic acids is 1. The molecule has 2 aromatic heterocycles. The summed E-state index contributed by atoms with van der Waals surface area (Å²) in [5.74, 6) is 0.264. The summed E-state index contributed by atoms with van der Waals surface area (Å²) in [4.78, 5) is 31.4. The third-order valence-corrected chi connectivity index (χ3v) is 5.37. The fourth-order valence-corrected chi connectivity index (χ4v) is 3.87. The molecular weight excluding hydrogens is 396 g/mol. The van der Waals surface area contributed by atoms with Crippen molar-refractivity contribution in [2.75, 3.05) is 29.9 Å². The van der Waals surface area contributed by atoms with Gasteiger partial charge in [-0.2, -0.15) is 5.26 Å². The van der Waals surface area contributed by atoms with Crippen LogP contribution in [0.15, 0.2) is 41.8 Å². The number of piperazine rings is 1. The molecule has 0 saturated carbocycles. The number of rotatable bonds is 3. The van der Waals surface area contributed by atoms with E-state index in [1.54, 1.807) is 18.5 Å². The normalized spacial score (nSPS) is 16.9. The van der Waals surface area contributed by atoms with Crippen LogP contribution in [0, 0.1) is 18.4 Å². The summed E-state index contributed by atoms with van der Waals surface area (Å²) in [5, 5.41) is 22.5. The van der Waals surface area contributed by atoms with Crippen molar-refractivity contribution >= 4 is 34.5 Å². The highest BCUT2D eigenvalue weighted by atomic mass is 16.4. The Hall–Kier alpha value is -4.13. The summed E-state index contributed by atoms with van der Waals surface area (Å²) in [6, 6.07) is 6.45. The number of hydrogen-bond acceptors (Lipinski definition) is 6. The molecule has 4 rings (SSSR count). The highest BCUT2D eigenvalue weighted by Gasteiger charge is 2.28. The van der Waals surface area contributed by atoms with E-state index in [0.717, 1.165) is 22.4 Å². The number of aromatic amines is 1. The summed E-state index contributed by atoms with van der Waals surface area (Å²) in [6.07, 6.45) is 5.33. The number of carboxylic acid groups (broad SMARTS) is 1. The largest absolute Gasteiger partial charge is 0.478 e. The predicted octanol–water partition coefficient (Wildman–Crippen LogP) is 2.42. The zero-order chi connectivity index (χ0) is 22.0. The van der Waals surface area contributed by atoms with Crippen LogP contribution in [0.2, 0.25) is 0 Å². The highest BCUT2D eigenvalue weighted by molar-refractivity contribution is 5.96. The number of anilines is 2. The molecule has 3 heterocycles. The number of guanidine groups is 1. The van der Waals surface area contributed by atoms with Gasteiger partial charge in [0.05, 0.1) is 10.9 Å². The molecule has 1 aliphatic rings. The number of nitriles is 1. The van der Waals surface area contributed by atoms with Crippen molar-refractivity contribution in [1.29, 1.82) is 5.26 Å². The van der Waals surface area contributed by atoms with E-state index >= 15 is 0 Å². The molecule has 10 nitrogen and oxygen atoms in total. The van der Waals surface area contributed by atoms with Crippen molar-refractivity contribution in [1.82, 2.24) is 19.9 Å². The maximum Gasteiger partial charge on any atom is 0.335 e. The molecule has 0 bridgehead atoms. The maximum absolute atomic E-state index is 11.2. The molecule has 1 unspecified atom stereocenters. The van der Waals surface area contributed by atoms with Gasteiger partial charge in [-0.1, -0.05) is 6.07 Å². The van der Waals surface area contributed by atoms with Crippen molar-refractivity contribution in [3.63, 3.8) is 0 Å². The van der Waals surface area contributed by atoms with Crippen molar-refractivity contribution in [2.24, 2.45) is 4.99 Å². The lowest BCUT2D eigenvalue weighted by molar-refractivity contribution is 0.0697. The number of carbonyl (C=O) groups is 1. The molecule has 31 heavy (non-hydrogen) atoms. The molecule has 1 aliphatic heterocycles. The lowest BCUT2D eigenvalue weighted by Gasteiger charge is -2.41. The zero-order valence-electron chi connectivity index (χ0n) is 17.2. The van der Waals surface area contributed by atoms with E-state index in [9.17, 15) is 15.2 Å². The van der Waals surface area contributed by atoms with Crippen molar-refractivity contribution in [3.05, 3.63) is 47.9 Å². The molecule has 0 amide bonds. The van der Waals surface area contributed by atoms with Crippen LogP contribution in [0.25, 0.3) is 11.0 Å². The minimum atomic E-state index is -1.01. The van der Waals surface area contributed by atoms with Gasteiger partial charge in [0.25, 0.3) is 0 Å². The summed E-state index contributed by atoms with van der Waals surface area (Å²) in [6.45, 7) is 6.05. The van der Waals surface area contributed by atoms with E-state index in [0.29, 0.717) is 31.3 Å². The Morgan fingerprint density at radius 1 is 1.39 bits per heavy atom. The fraction of sp³-hybridized carbons (Fsp3) is 0.286. The second kappa shape index (κ2) is 8.31. The van der Waals surface area contributed by atoms with Crippen LogP contribution in [-0.4, -0.2) is 62.6 Å². The molecule has 3 aromatic rings. The van der Waals surface area contributed by atoms with Gasteiger partial charge in [-0.3, -0.25) is 0 Å². The van der Waals surface area contributed by atoms with E-state index in [2.05, 4.69) is 37.1 Å². The van der Waals surface area contributed by atoms with Crippen molar-refractivity contribution < 1.29 is 9.90 Å². The van der Waals surface area contributed by atoms with Gasteiger partial charge in [-0.15, -0.1) is 4.99 Å². The van der Waals surface area contributed by atoms with Gasteiger partial charge in [0.2, 0.25) is 12.2 Å². The summed E-state index contributed by atoms with van der Waals surface area (Å²) < 4.78 is 0. The molecule has 1 fully saturated rings. The quantitative estimate of drug-likeness (QED) is 0.335. The van der Waals surface area contributed by atoms with Crippen LogP contribution in [0.4, 0.5) is 11.5 Å². The zero-order valence-corrected chi connectivity index (χ0v) is 17.2. The number of hydrogen-bond donors (Lipinski definition) is 3. The Bertz CT molecular complexity index is 1200. The third kappa shape index (κ3) is 3.98. The first-order valence-corrected chi connectivity index (χ1v) is 9.85. The van der Waals surface area contributed by atoms with Gasteiger partial charge in [0, 0.05) is 37.6 Å². The first-order chi connectivity index (χ1) is 15.0. The van der Waals surface area contributed by atoms with E-state index in [1.807, 2.05) is 24.2 Å². The van der Waals surface area contributed by atoms with Gasteiger partial charge in [0.15, 0.2) is 0 Å². The number of nitrogens with zero attached hydrogens (tertiary/aromatic N) is 6. The Kier molecular flexibility index (Phi) is 5.41. The minimum absolute atomic E-state index is 0.0280. The topological polar surface area (TPSA) is 134 Å². The van der Waals surface area contributed by atoms with Gasteiger partial charge >= 0.3 is 5.97 Å². The number of fused-ring (bicyclic) bond motifs is 1. The van der Waals surface area contributed by atoms with Crippen LogP contribution < -0.4 is 10.2 Å². The number of benzene rings is 1. The van der Waals surface area contributed by atoms with Crippen molar-refractivity contribution in [2.45, 2.75) is 19.9 Å². The molecule has 1 aromatic carbocycles. The van der Waals surface area contributed by atoms with Gasteiger partial charge in [0.1, 0.15) is 17.8 Å². The van der Waals surface area contributed by atoms with Crippen molar-refractivity contribution in [3.8, 4) is 6.19 Å². The molecule has 3 N–H and O–H groups in total. The monoisotopic (exact) mass is 418 g/mol. The number of aryl methyl sites for hydroxylation is 1. The second-order valence-electron chi connectivity index (χ2n) is 7.43. The predicted molar refractivity (Wildman–Crippen MR) is 117 cm³/mol. The highest BCUT2D eigenvalue weighted by Crippen LogP contribution is 2.27. The summed E-state index contributed by atoms with van der Waals surface area (Å²) in [5.41, 5.74) is 2.62. The second-order valence-corrected chi connectivity index (χ2v) is 7.43. The molecule has 0 radical (unpaired) electrons. The van der Waals surface area contributed by atoms with Crippen LogP contribution in [0.1, 0.15) is 22.8 Å². The fourth-order valence-electron chi connectivity index (χ4n) is 3.87. The maximum atomic E-state index is 11.2. The van der Waals surface area contributed by atoms with E-state index in [4.69, 9.17) is 0 Å². The van der Waals surface area contributed by atoms with Gasteiger partial charge in [-0.05, 0) is 37.6 Å². The summed E-state index contributed by atoms with van der Waals surface area (Å²) >= 11 is 0. The lowest BCUT2D eigenvalue weighted by Crippen LogP contribution is -2.56. The first-order valence-electron chi connectivity index (χ1n) is 9.85. The van der Waals surface area contributed by atoms with E-state index < -0.39 is 5.97 Å². The average Bonchev–Trinajstić information content (AvgIpc) is 3.15. The van der Waals surface area contributed by atoms with E-state index in [-0.39, 0.29) is 11.6 Å². The first kappa shape index (κ1) is 20.2. The Morgan fingerprint density at radius 3 is 2.97 bits per heavy atom. The standard InChI is InChI=1S/C21H22N8O2/c1-13-9-23-18-17(13)19(26-12-25-18)28-6-7-29(14(2)10-28)21(24-11-22)27-16-5-3-4-15(8-16)20(30)31/h3-5,8-9,12,14H,6-7,10H2,1-2H3,(H,24,27)(H,30,31)(H,23,25,26). The van der Waals surface area contributed by atoms with Crippen LogP contribution in [0.5, 0.6) is 0 Å². The molecule has 10 heteroatoms. The Labute approximate surface area is 178 Å². The van der Waals surface area contributed by atoms with Crippen LogP contribution in [-0.2, 0) is 0 Å².